The molecule has 15 heavy (non-hydrogen) atoms. The zero-order valence-electron chi connectivity index (χ0n) is 9.67. The third-order valence-electron chi connectivity index (χ3n) is 1.80. The molecule has 0 heterocycles. The van der Waals surface area contributed by atoms with Crippen LogP contribution in [0.5, 0.6) is 0 Å². The number of aliphatic imine (C=N–C) groups is 1. The van der Waals surface area contributed by atoms with E-state index < -0.39 is 0 Å². The molecule has 0 saturated heterocycles. The van der Waals surface area contributed by atoms with E-state index >= 15 is 0 Å². The number of hydrogen-bond acceptors (Lipinski definition) is 3. The van der Waals surface area contributed by atoms with E-state index in [1.165, 1.54) is 6.34 Å². The lowest BCUT2D eigenvalue weighted by molar-refractivity contribution is 0.183. The second-order valence-electron chi connectivity index (χ2n) is 2.76. The molecule has 0 unspecified atom stereocenters. The second kappa shape index (κ2) is 7.61. The van der Waals surface area contributed by atoms with E-state index in [2.05, 4.69) is 23.3 Å². The summed E-state index contributed by atoms with van der Waals surface area (Å²) in [6, 6.07) is 0. The Morgan fingerprint density at radius 1 is 1.13 bits per heavy atom. The minimum absolute atomic E-state index is 0.776. The largest absolute Gasteiger partial charge is 0.296 e. The molecule has 5 heteroatoms. The molecule has 0 radical (unpaired) electrons. The van der Waals surface area contributed by atoms with Gasteiger partial charge in [-0.15, -0.1) is 0 Å². The maximum Gasteiger partial charge on any atom is 0.137 e. The van der Waals surface area contributed by atoms with Gasteiger partial charge in [-0.3, -0.25) is 15.0 Å². The number of rotatable bonds is 7. The number of hydrogen-bond donors (Lipinski definition) is 0. The fourth-order valence-corrected chi connectivity index (χ4v) is 0.691. The highest BCUT2D eigenvalue weighted by Gasteiger charge is 1.91. The Hall–Kier alpha value is -1.78. The lowest BCUT2D eigenvalue weighted by atomic mass is 10.7. The van der Waals surface area contributed by atoms with Gasteiger partial charge in [0.1, 0.15) is 12.7 Å². The summed E-state index contributed by atoms with van der Waals surface area (Å²) < 4.78 is 0. The van der Waals surface area contributed by atoms with E-state index in [-0.39, 0.29) is 0 Å². The van der Waals surface area contributed by atoms with Crippen molar-refractivity contribution < 1.29 is 0 Å². The summed E-state index contributed by atoms with van der Waals surface area (Å²) in [6.07, 6.45) is 6.44. The van der Waals surface area contributed by atoms with Gasteiger partial charge in [0.15, 0.2) is 0 Å². The van der Waals surface area contributed by atoms with Gasteiger partial charge in [0, 0.05) is 33.0 Å². The summed E-state index contributed by atoms with van der Waals surface area (Å²) in [4.78, 5) is 4.01. The monoisotopic (exact) mass is 209 g/mol. The molecule has 0 rings (SSSR count). The van der Waals surface area contributed by atoms with E-state index in [0.29, 0.717) is 0 Å². The van der Waals surface area contributed by atoms with Crippen molar-refractivity contribution in [2.24, 2.45) is 10.1 Å². The number of nitrogens with zero attached hydrogens (tertiary/aromatic N) is 5. The smallest absolute Gasteiger partial charge is 0.137 e. The van der Waals surface area contributed by atoms with Crippen LogP contribution in [0.25, 0.3) is 0 Å². The van der Waals surface area contributed by atoms with Gasteiger partial charge in [-0.1, -0.05) is 13.2 Å². The summed E-state index contributed by atoms with van der Waals surface area (Å²) in [6.45, 7) is 10.0. The molecule has 0 saturated carbocycles. The van der Waals surface area contributed by atoms with E-state index in [4.69, 9.17) is 0 Å². The van der Waals surface area contributed by atoms with Crippen LogP contribution in [0.4, 0.5) is 0 Å². The van der Waals surface area contributed by atoms with E-state index in [1.54, 1.807) is 33.8 Å². The molecule has 0 fully saturated rings. The molecule has 0 aromatic heterocycles. The molecule has 0 aliphatic rings. The maximum atomic E-state index is 4.04. The van der Waals surface area contributed by atoms with E-state index in [1.807, 2.05) is 21.0 Å². The van der Waals surface area contributed by atoms with Gasteiger partial charge in [-0.05, 0) is 6.92 Å². The summed E-state index contributed by atoms with van der Waals surface area (Å²) in [5, 5.41) is 9.30. The number of hydrazone groups is 1. The predicted molar refractivity (Wildman–Crippen MR) is 65.3 cm³/mol. The van der Waals surface area contributed by atoms with Crippen LogP contribution in [0.1, 0.15) is 6.92 Å². The van der Waals surface area contributed by atoms with Crippen molar-refractivity contribution in [3.05, 3.63) is 25.6 Å². The molecule has 0 atom stereocenters. The third-order valence-corrected chi connectivity index (χ3v) is 1.80. The maximum absolute atomic E-state index is 4.04. The van der Waals surface area contributed by atoms with Gasteiger partial charge in [0.25, 0.3) is 0 Å². The van der Waals surface area contributed by atoms with Gasteiger partial charge in [0.05, 0.1) is 0 Å². The predicted octanol–water partition coefficient (Wildman–Crippen LogP) is 1.35. The first-order chi connectivity index (χ1) is 7.15. The molecule has 5 nitrogen and oxygen atoms in total. The van der Waals surface area contributed by atoms with Crippen molar-refractivity contribution in [1.82, 2.24) is 15.0 Å². The molecule has 0 bridgehead atoms. The second-order valence-corrected chi connectivity index (χ2v) is 2.76. The van der Waals surface area contributed by atoms with Crippen LogP contribution in [0.15, 0.2) is 35.7 Å². The highest BCUT2D eigenvalue weighted by Crippen LogP contribution is 1.88. The lowest BCUT2D eigenvalue weighted by Crippen LogP contribution is -2.30. The average Bonchev–Trinajstić information content (AvgIpc) is 2.27. The molecule has 0 N–H and O–H groups in total. The van der Waals surface area contributed by atoms with Crippen molar-refractivity contribution in [3.63, 3.8) is 0 Å². The molecule has 0 aliphatic carbocycles. The first-order valence-corrected chi connectivity index (χ1v) is 4.68. The Kier molecular flexibility index (Phi) is 6.70. The van der Waals surface area contributed by atoms with Crippen molar-refractivity contribution in [3.8, 4) is 0 Å². The van der Waals surface area contributed by atoms with Crippen LogP contribution in [0.3, 0.4) is 0 Å². The summed E-state index contributed by atoms with van der Waals surface area (Å²) in [5.41, 5.74) is 0. The summed E-state index contributed by atoms with van der Waals surface area (Å²) in [7, 11) is 3.74. The minimum Gasteiger partial charge on any atom is -0.296 e. The van der Waals surface area contributed by atoms with Crippen LogP contribution in [0.2, 0.25) is 0 Å². The standard InChI is InChI=1S/C10H19N5/c1-6-13(4)14(5)10-11-9-12-15(7-2)8-3/h6-7,9-10H,1-2,8H2,3-5H3/b11-10?,12-9-. The van der Waals surface area contributed by atoms with E-state index in [9.17, 15) is 0 Å². The Labute approximate surface area is 91.7 Å². The van der Waals surface area contributed by atoms with Crippen molar-refractivity contribution in [1.29, 1.82) is 0 Å². The Morgan fingerprint density at radius 2 is 1.80 bits per heavy atom. The molecule has 0 amide bonds. The van der Waals surface area contributed by atoms with Gasteiger partial charge >= 0.3 is 0 Å². The number of hydrazine groups is 1. The van der Waals surface area contributed by atoms with Crippen LogP contribution in [-0.2, 0) is 0 Å². The fraction of sp³-hybridized carbons (Fsp3) is 0.400. The average molecular weight is 209 g/mol. The van der Waals surface area contributed by atoms with Crippen molar-refractivity contribution in [2.75, 3.05) is 20.6 Å². The highest BCUT2D eigenvalue weighted by molar-refractivity contribution is 5.70. The molecule has 0 spiro atoms. The highest BCUT2D eigenvalue weighted by atomic mass is 15.6. The van der Waals surface area contributed by atoms with E-state index in [0.717, 1.165) is 6.54 Å². The minimum atomic E-state index is 0.776. The zero-order chi connectivity index (χ0) is 11.7. The van der Waals surface area contributed by atoms with Gasteiger partial charge in [-0.2, -0.15) is 5.10 Å². The van der Waals surface area contributed by atoms with Crippen LogP contribution in [0, 0.1) is 0 Å². The molecular weight excluding hydrogens is 190 g/mol. The first-order valence-electron chi connectivity index (χ1n) is 4.68. The van der Waals surface area contributed by atoms with Crippen LogP contribution in [-0.4, -0.2) is 48.3 Å². The lowest BCUT2D eigenvalue weighted by Gasteiger charge is -2.23. The molecule has 0 aliphatic heterocycles. The van der Waals surface area contributed by atoms with Gasteiger partial charge in [0.2, 0.25) is 0 Å². The quantitative estimate of drug-likeness (QED) is 0.360. The van der Waals surface area contributed by atoms with Crippen LogP contribution >= 0.6 is 0 Å². The van der Waals surface area contributed by atoms with Gasteiger partial charge in [-0.25, -0.2) is 4.99 Å². The molecule has 84 valence electrons. The SMILES string of the molecule is C=CN(CC)/N=C\N=CN(C)N(C)C=C. The Morgan fingerprint density at radius 3 is 2.27 bits per heavy atom. The fourth-order valence-electron chi connectivity index (χ4n) is 0.691. The first kappa shape index (κ1) is 13.2. The third kappa shape index (κ3) is 5.51. The summed E-state index contributed by atoms with van der Waals surface area (Å²) in [5.74, 6) is 0. The normalized spacial score (nSPS) is 10.6. The van der Waals surface area contributed by atoms with Gasteiger partial charge < -0.3 is 0 Å². The molecular formula is C10H19N5. The summed E-state index contributed by atoms with van der Waals surface area (Å²) >= 11 is 0. The van der Waals surface area contributed by atoms with Crippen molar-refractivity contribution in [2.45, 2.75) is 6.92 Å². The molecule has 0 aromatic rings. The topological polar surface area (TPSA) is 34.4 Å². The Balaban J connectivity index is 4.07. The Bertz CT molecular complexity index is 246. The van der Waals surface area contributed by atoms with Crippen molar-refractivity contribution >= 4 is 12.7 Å². The van der Waals surface area contributed by atoms with Crippen LogP contribution < -0.4 is 0 Å². The molecule has 0 aromatic carbocycles. The zero-order valence-corrected chi connectivity index (χ0v) is 9.67.